The van der Waals surface area contributed by atoms with Crippen LogP contribution in [0, 0.1) is 0 Å². The largest absolute Gasteiger partial charge is 0.383 e. The van der Waals surface area contributed by atoms with Gasteiger partial charge < -0.3 is 5.11 Å². The van der Waals surface area contributed by atoms with E-state index in [9.17, 15) is 13.5 Å². The molecule has 0 amide bonds. The number of rotatable bonds is 5. The summed E-state index contributed by atoms with van der Waals surface area (Å²) in [6.07, 6.45) is 1.45. The minimum atomic E-state index is -3.26. The van der Waals surface area contributed by atoms with Crippen molar-refractivity contribution in [2.75, 3.05) is 6.54 Å². The van der Waals surface area contributed by atoms with E-state index in [-0.39, 0.29) is 11.8 Å². The predicted octanol–water partition coefficient (Wildman–Crippen LogP) is 2.19. The Labute approximate surface area is 122 Å². The molecule has 1 atom stereocenters. The molecule has 3 rings (SSSR count). The smallest absolute Gasteiger partial charge is 0.214 e. The fourth-order valence-corrected chi connectivity index (χ4v) is 4.65. The summed E-state index contributed by atoms with van der Waals surface area (Å²) in [6.45, 7) is 1.66. The van der Waals surface area contributed by atoms with Crippen molar-refractivity contribution < 1.29 is 13.5 Å². The summed E-state index contributed by atoms with van der Waals surface area (Å²) in [6, 6.07) is 9.80. The van der Waals surface area contributed by atoms with E-state index >= 15 is 0 Å². The Kier molecular flexibility index (Phi) is 3.36. The van der Waals surface area contributed by atoms with Gasteiger partial charge in [0.05, 0.1) is 5.25 Å². The van der Waals surface area contributed by atoms with E-state index in [0.717, 1.165) is 27.8 Å². The van der Waals surface area contributed by atoms with E-state index in [4.69, 9.17) is 0 Å². The first-order valence-corrected chi connectivity index (χ1v) is 8.95. The van der Waals surface area contributed by atoms with Crippen LogP contribution >= 0.6 is 11.3 Å². The summed E-state index contributed by atoms with van der Waals surface area (Å²) in [5, 5.41) is 11.3. The van der Waals surface area contributed by atoms with Crippen molar-refractivity contribution in [3.63, 3.8) is 0 Å². The zero-order valence-electron chi connectivity index (χ0n) is 11.2. The van der Waals surface area contributed by atoms with Gasteiger partial charge in [0.1, 0.15) is 5.60 Å². The molecule has 0 saturated heterocycles. The Balaban J connectivity index is 1.80. The molecule has 2 N–H and O–H groups in total. The van der Waals surface area contributed by atoms with Gasteiger partial charge in [-0.15, -0.1) is 11.3 Å². The highest BCUT2D eigenvalue weighted by Gasteiger charge is 2.37. The highest BCUT2D eigenvalue weighted by Crippen LogP contribution is 2.33. The Morgan fingerprint density at radius 2 is 2.10 bits per heavy atom. The second-order valence-corrected chi connectivity index (χ2v) is 8.62. The maximum Gasteiger partial charge on any atom is 0.214 e. The third-order valence-electron chi connectivity index (χ3n) is 3.54. The fraction of sp³-hybridized carbons (Fsp3) is 0.429. The van der Waals surface area contributed by atoms with Gasteiger partial charge in [0.15, 0.2) is 0 Å². The van der Waals surface area contributed by atoms with Crippen molar-refractivity contribution in [3.8, 4) is 0 Å². The van der Waals surface area contributed by atoms with Crippen molar-refractivity contribution >= 4 is 31.4 Å². The molecule has 1 aliphatic carbocycles. The van der Waals surface area contributed by atoms with Crippen LogP contribution in [0.5, 0.6) is 0 Å². The van der Waals surface area contributed by atoms with E-state index in [1.807, 2.05) is 30.3 Å². The number of fused-ring (bicyclic) bond motifs is 1. The topological polar surface area (TPSA) is 66.4 Å². The minimum absolute atomic E-state index is 0.0126. The van der Waals surface area contributed by atoms with Crippen LogP contribution in [0.3, 0.4) is 0 Å². The predicted molar refractivity (Wildman–Crippen MR) is 81.3 cm³/mol. The first-order valence-electron chi connectivity index (χ1n) is 6.58. The Hall–Kier alpha value is -0.950. The quantitative estimate of drug-likeness (QED) is 0.889. The SMILES string of the molecule is CC(O)(CNS(=O)(=O)C1CC1)c1cc2ccccc2s1. The van der Waals surface area contributed by atoms with Gasteiger partial charge in [-0.25, -0.2) is 13.1 Å². The highest BCUT2D eigenvalue weighted by molar-refractivity contribution is 7.90. The summed E-state index contributed by atoms with van der Waals surface area (Å²) in [5.74, 6) is 0. The summed E-state index contributed by atoms with van der Waals surface area (Å²) in [7, 11) is -3.26. The lowest BCUT2D eigenvalue weighted by Gasteiger charge is -2.22. The van der Waals surface area contributed by atoms with Crippen LogP contribution < -0.4 is 4.72 Å². The fourth-order valence-electron chi connectivity index (χ4n) is 2.07. The van der Waals surface area contributed by atoms with E-state index < -0.39 is 15.6 Å². The first kappa shape index (κ1) is 14.0. The number of aliphatic hydroxyl groups is 1. The standard InChI is InChI=1S/C14H17NO3S2/c1-14(16,9-15-20(17,18)11-6-7-11)13-8-10-4-2-3-5-12(10)19-13/h2-5,8,11,15-16H,6-7,9H2,1H3. The maximum absolute atomic E-state index is 11.8. The lowest BCUT2D eigenvalue weighted by atomic mass is 10.1. The monoisotopic (exact) mass is 311 g/mol. The molecule has 4 nitrogen and oxygen atoms in total. The zero-order chi connectivity index (χ0) is 14.4. The first-order chi connectivity index (χ1) is 9.38. The molecule has 1 unspecified atom stereocenters. The lowest BCUT2D eigenvalue weighted by Crippen LogP contribution is -2.39. The second-order valence-electron chi connectivity index (χ2n) is 5.49. The van der Waals surface area contributed by atoms with Gasteiger partial charge in [0.2, 0.25) is 10.0 Å². The van der Waals surface area contributed by atoms with Crippen molar-refractivity contribution in [2.24, 2.45) is 0 Å². The molecule has 2 aromatic rings. The van der Waals surface area contributed by atoms with Crippen molar-refractivity contribution in [3.05, 3.63) is 35.2 Å². The van der Waals surface area contributed by atoms with E-state index in [1.54, 1.807) is 6.92 Å². The molecule has 1 saturated carbocycles. The average molecular weight is 311 g/mol. The maximum atomic E-state index is 11.8. The molecule has 20 heavy (non-hydrogen) atoms. The van der Waals surface area contributed by atoms with Gasteiger partial charge in [-0.3, -0.25) is 0 Å². The summed E-state index contributed by atoms with van der Waals surface area (Å²) in [5.41, 5.74) is -1.19. The normalized spacial score (nSPS) is 19.1. The molecule has 1 aliphatic rings. The van der Waals surface area contributed by atoms with Gasteiger partial charge in [-0.2, -0.15) is 0 Å². The number of hydrogen-bond acceptors (Lipinski definition) is 4. The van der Waals surface area contributed by atoms with Crippen LogP contribution in [0.2, 0.25) is 0 Å². The third kappa shape index (κ3) is 2.74. The van der Waals surface area contributed by atoms with Crippen molar-refractivity contribution in [1.82, 2.24) is 4.72 Å². The number of sulfonamides is 1. The van der Waals surface area contributed by atoms with Gasteiger partial charge in [-0.05, 0) is 37.3 Å². The number of nitrogens with one attached hydrogen (secondary N) is 1. The molecule has 1 aromatic heterocycles. The number of thiophene rings is 1. The summed E-state index contributed by atoms with van der Waals surface area (Å²) < 4.78 is 27.3. The molecule has 0 spiro atoms. The van der Waals surface area contributed by atoms with E-state index in [2.05, 4.69) is 4.72 Å². The molecule has 108 valence electrons. The Morgan fingerprint density at radius 3 is 2.75 bits per heavy atom. The third-order valence-corrected chi connectivity index (χ3v) is 6.80. The van der Waals surface area contributed by atoms with Crippen LogP contribution in [-0.4, -0.2) is 25.3 Å². The van der Waals surface area contributed by atoms with Crippen LogP contribution in [0.25, 0.3) is 10.1 Å². The molecule has 6 heteroatoms. The van der Waals surface area contributed by atoms with Crippen LogP contribution in [0.15, 0.2) is 30.3 Å². The average Bonchev–Trinajstić information content (AvgIpc) is 3.16. The highest BCUT2D eigenvalue weighted by atomic mass is 32.2. The Bertz CT molecular complexity index is 697. The van der Waals surface area contributed by atoms with E-state index in [0.29, 0.717) is 0 Å². The Morgan fingerprint density at radius 1 is 1.40 bits per heavy atom. The number of benzene rings is 1. The van der Waals surface area contributed by atoms with Gasteiger partial charge in [0.25, 0.3) is 0 Å². The molecule has 1 heterocycles. The molecule has 0 radical (unpaired) electrons. The molecular formula is C14H17NO3S2. The van der Waals surface area contributed by atoms with Gasteiger partial charge in [-0.1, -0.05) is 18.2 Å². The van der Waals surface area contributed by atoms with Gasteiger partial charge in [0, 0.05) is 16.1 Å². The second kappa shape index (κ2) is 4.80. The van der Waals surface area contributed by atoms with E-state index in [1.165, 1.54) is 11.3 Å². The van der Waals surface area contributed by atoms with Crippen LogP contribution in [0.4, 0.5) is 0 Å². The molecule has 1 fully saturated rings. The summed E-state index contributed by atoms with van der Waals surface area (Å²) >= 11 is 1.49. The number of hydrogen-bond donors (Lipinski definition) is 2. The minimum Gasteiger partial charge on any atom is -0.383 e. The summed E-state index contributed by atoms with van der Waals surface area (Å²) in [4.78, 5) is 0.775. The molecular weight excluding hydrogens is 294 g/mol. The molecule has 0 bridgehead atoms. The molecule has 1 aromatic carbocycles. The van der Waals surface area contributed by atoms with Crippen LogP contribution in [-0.2, 0) is 15.6 Å². The molecule has 0 aliphatic heterocycles. The zero-order valence-corrected chi connectivity index (χ0v) is 12.8. The van der Waals surface area contributed by atoms with Crippen molar-refractivity contribution in [2.45, 2.75) is 30.6 Å². The van der Waals surface area contributed by atoms with Gasteiger partial charge >= 0.3 is 0 Å². The van der Waals surface area contributed by atoms with Crippen LogP contribution in [0.1, 0.15) is 24.6 Å². The van der Waals surface area contributed by atoms with Crippen molar-refractivity contribution in [1.29, 1.82) is 0 Å². The lowest BCUT2D eigenvalue weighted by molar-refractivity contribution is 0.0666.